The van der Waals surface area contributed by atoms with Gasteiger partial charge in [-0.25, -0.2) is 9.59 Å². The summed E-state index contributed by atoms with van der Waals surface area (Å²) in [5.41, 5.74) is 3.35. The lowest BCUT2D eigenvalue weighted by molar-refractivity contribution is 0.214. The Morgan fingerprint density at radius 1 is 0.510 bits per heavy atom. The number of aromatic hydroxyl groups is 2. The first-order chi connectivity index (χ1) is 23.7. The summed E-state index contributed by atoms with van der Waals surface area (Å²) in [7, 11) is 0. The lowest BCUT2D eigenvalue weighted by Crippen LogP contribution is -2.16. The minimum absolute atomic E-state index is 0.0733. The van der Waals surface area contributed by atoms with E-state index >= 15 is 0 Å². The average molecular weight is 694 g/mol. The molecule has 6 aromatic rings. The van der Waals surface area contributed by atoms with Gasteiger partial charge in [-0.3, -0.25) is 10.6 Å². The van der Waals surface area contributed by atoms with Crippen molar-refractivity contribution in [2.45, 2.75) is 0 Å². The summed E-state index contributed by atoms with van der Waals surface area (Å²) in [5.74, 6) is 1.38. The Kier molecular flexibility index (Phi) is 9.85. The molecule has 0 saturated carbocycles. The molecule has 0 radical (unpaired) electrons. The van der Waals surface area contributed by atoms with Gasteiger partial charge in [0, 0.05) is 32.5 Å². The molecule has 4 N–H and O–H groups in total. The highest BCUT2D eigenvalue weighted by Gasteiger charge is 2.17. The van der Waals surface area contributed by atoms with Gasteiger partial charge in [0.25, 0.3) is 0 Å². The summed E-state index contributed by atoms with van der Waals surface area (Å²) in [6, 6.07) is 36.0. The summed E-state index contributed by atoms with van der Waals surface area (Å²) in [4.78, 5) is 25.4. The average Bonchev–Trinajstić information content (AvgIpc) is 3.07. The molecule has 2 amide bonds. The first-order valence-corrected chi connectivity index (χ1v) is 15.5. The van der Waals surface area contributed by atoms with E-state index in [9.17, 15) is 19.8 Å². The first-order valence-electron chi connectivity index (χ1n) is 14.7. The molecule has 0 saturated heterocycles. The van der Waals surface area contributed by atoms with Crippen molar-refractivity contribution in [3.63, 3.8) is 0 Å². The van der Waals surface area contributed by atoms with Crippen LogP contribution in [0.15, 0.2) is 133 Å². The number of amides is 2. The van der Waals surface area contributed by atoms with Crippen molar-refractivity contribution in [3.05, 3.63) is 144 Å². The molecule has 0 bridgehead atoms. The van der Waals surface area contributed by atoms with Gasteiger partial charge in [-0.1, -0.05) is 59.6 Å². The molecule has 0 aliphatic carbocycles. The van der Waals surface area contributed by atoms with Crippen molar-refractivity contribution < 1.29 is 34.0 Å². The molecule has 0 fully saturated rings. The van der Waals surface area contributed by atoms with Gasteiger partial charge in [-0.15, -0.1) is 0 Å². The number of rotatable bonds is 8. The van der Waals surface area contributed by atoms with E-state index in [4.69, 9.17) is 37.4 Å². The smallest absolute Gasteiger partial charge is 0.417 e. The Morgan fingerprint density at radius 2 is 0.918 bits per heavy atom. The molecule has 49 heavy (non-hydrogen) atoms. The van der Waals surface area contributed by atoms with E-state index in [0.29, 0.717) is 55.2 Å². The minimum atomic E-state index is -0.725. The number of nitrogens with one attached hydrogen (secondary N) is 2. The zero-order valence-electron chi connectivity index (χ0n) is 25.4. The first kappa shape index (κ1) is 32.8. The number of halogens is 2. The second-order valence-electron chi connectivity index (χ2n) is 10.6. The minimum Gasteiger partial charge on any atom is -0.508 e. The lowest BCUT2D eigenvalue weighted by Gasteiger charge is -2.17. The highest BCUT2D eigenvalue weighted by atomic mass is 35.5. The van der Waals surface area contributed by atoms with Gasteiger partial charge < -0.3 is 24.4 Å². The van der Waals surface area contributed by atoms with Crippen LogP contribution in [0.1, 0.15) is 0 Å². The third-order valence-electron chi connectivity index (χ3n) is 7.04. The fourth-order valence-electron chi connectivity index (χ4n) is 4.81. The van der Waals surface area contributed by atoms with Gasteiger partial charge in [-0.05, 0) is 108 Å². The number of ether oxygens (including phenoxy) is 3. The zero-order chi connectivity index (χ0) is 34.3. The summed E-state index contributed by atoms with van der Waals surface area (Å²) >= 11 is 12.1. The molecule has 11 heteroatoms. The quantitative estimate of drug-likeness (QED) is 0.125. The lowest BCUT2D eigenvalue weighted by atomic mass is 10.0. The van der Waals surface area contributed by atoms with E-state index in [0.717, 1.165) is 0 Å². The Bertz CT molecular complexity index is 1990. The maximum Gasteiger partial charge on any atom is 0.417 e. The second-order valence-corrected chi connectivity index (χ2v) is 11.4. The van der Waals surface area contributed by atoms with E-state index in [1.165, 1.54) is 24.3 Å². The molecule has 0 heterocycles. The number of phenolic OH excluding ortho intramolecular Hbond substituents is 2. The summed E-state index contributed by atoms with van der Waals surface area (Å²) < 4.78 is 17.6. The topological polar surface area (TPSA) is 126 Å². The Hall–Kier alpha value is -6.16. The molecular formula is C38H26Cl2N2O7. The number of hydrogen-bond donors (Lipinski definition) is 4. The molecule has 0 atom stereocenters. The molecule has 0 spiro atoms. The van der Waals surface area contributed by atoms with Gasteiger partial charge in [0.1, 0.15) is 34.5 Å². The Labute approximate surface area is 290 Å². The van der Waals surface area contributed by atoms with Crippen LogP contribution in [-0.2, 0) is 0 Å². The zero-order valence-corrected chi connectivity index (χ0v) is 26.9. The van der Waals surface area contributed by atoms with Crippen LogP contribution in [0.4, 0.5) is 21.0 Å². The van der Waals surface area contributed by atoms with Gasteiger partial charge in [0.15, 0.2) is 0 Å². The van der Waals surface area contributed by atoms with Gasteiger partial charge in [-0.2, -0.15) is 0 Å². The largest absolute Gasteiger partial charge is 0.508 e. The molecule has 0 aliphatic heterocycles. The molecule has 9 nitrogen and oxygen atoms in total. The van der Waals surface area contributed by atoms with Crippen LogP contribution in [0.3, 0.4) is 0 Å². The normalized spacial score (nSPS) is 10.6. The maximum absolute atomic E-state index is 12.7. The van der Waals surface area contributed by atoms with Crippen LogP contribution in [0.2, 0.25) is 10.0 Å². The summed E-state index contributed by atoms with van der Waals surface area (Å²) in [6.45, 7) is 0. The predicted octanol–water partition coefficient (Wildman–Crippen LogP) is 10.8. The number of anilines is 2. The summed E-state index contributed by atoms with van der Waals surface area (Å²) in [5, 5.41) is 26.1. The Morgan fingerprint density at radius 3 is 1.31 bits per heavy atom. The summed E-state index contributed by atoms with van der Waals surface area (Å²) in [6.07, 6.45) is -1.45. The van der Waals surface area contributed by atoms with Crippen LogP contribution >= 0.6 is 23.2 Å². The van der Waals surface area contributed by atoms with Crippen LogP contribution in [0.25, 0.3) is 22.3 Å². The molecule has 0 aromatic heterocycles. The number of carbonyl (C=O) groups excluding carboxylic acids is 2. The molecule has 0 aliphatic rings. The standard InChI is InChI=1S/C38H26Cl2N2O7/c39-25-3-1-5-27(19-25)41-37(45)47-31-15-17-35(33(21-31)23-7-11-29(43)12-8-23)49-36-18-16-32(22-34(36)24-9-13-30(44)14-10-24)48-38(46)42-28-6-2-4-26(40)20-28/h1-22,43-44H,(H,41,45)(H,42,46). The molecule has 0 unspecified atom stereocenters. The van der Waals surface area contributed by atoms with Gasteiger partial charge in [0.2, 0.25) is 0 Å². The van der Waals surface area contributed by atoms with E-state index in [1.807, 2.05) is 0 Å². The van der Waals surface area contributed by atoms with Gasteiger partial charge >= 0.3 is 12.2 Å². The second kappa shape index (κ2) is 14.7. The number of hydrogen-bond acceptors (Lipinski definition) is 7. The van der Waals surface area contributed by atoms with Crippen molar-refractivity contribution in [2.75, 3.05) is 10.6 Å². The third-order valence-corrected chi connectivity index (χ3v) is 7.51. The number of carbonyl (C=O) groups is 2. The molecule has 6 aromatic carbocycles. The van der Waals surface area contributed by atoms with Crippen LogP contribution in [-0.4, -0.2) is 22.4 Å². The SMILES string of the molecule is O=C(Nc1cccc(Cl)c1)Oc1ccc(Oc2ccc(OC(=O)Nc3cccc(Cl)c3)cc2-c2ccc(O)cc2)c(-c2ccc(O)cc2)c1. The van der Waals surface area contributed by atoms with E-state index in [2.05, 4.69) is 10.6 Å². The Balaban J connectivity index is 1.31. The van der Waals surface area contributed by atoms with Crippen molar-refractivity contribution in [2.24, 2.45) is 0 Å². The van der Waals surface area contributed by atoms with Crippen LogP contribution in [0.5, 0.6) is 34.5 Å². The fourth-order valence-corrected chi connectivity index (χ4v) is 5.19. The predicted molar refractivity (Wildman–Crippen MR) is 189 cm³/mol. The van der Waals surface area contributed by atoms with Gasteiger partial charge in [0.05, 0.1) is 0 Å². The highest BCUT2D eigenvalue weighted by Crippen LogP contribution is 2.41. The monoisotopic (exact) mass is 692 g/mol. The van der Waals surface area contributed by atoms with Crippen molar-refractivity contribution >= 4 is 46.8 Å². The number of benzene rings is 6. The van der Waals surface area contributed by atoms with E-state index < -0.39 is 12.2 Å². The fraction of sp³-hybridized carbons (Fsp3) is 0. The van der Waals surface area contributed by atoms with Crippen molar-refractivity contribution in [3.8, 4) is 56.8 Å². The van der Waals surface area contributed by atoms with E-state index in [1.54, 1.807) is 109 Å². The van der Waals surface area contributed by atoms with E-state index in [-0.39, 0.29) is 23.0 Å². The maximum atomic E-state index is 12.7. The molecule has 244 valence electrons. The number of phenols is 2. The van der Waals surface area contributed by atoms with Crippen molar-refractivity contribution in [1.29, 1.82) is 0 Å². The molecule has 6 rings (SSSR count). The third kappa shape index (κ3) is 8.61. The van der Waals surface area contributed by atoms with Crippen LogP contribution in [0, 0.1) is 0 Å². The molecular weight excluding hydrogens is 667 g/mol. The van der Waals surface area contributed by atoms with Crippen molar-refractivity contribution in [1.82, 2.24) is 0 Å². The highest BCUT2D eigenvalue weighted by molar-refractivity contribution is 6.31. The van der Waals surface area contributed by atoms with Crippen LogP contribution < -0.4 is 24.8 Å².